The van der Waals surface area contributed by atoms with Gasteiger partial charge in [-0.25, -0.2) is 15.0 Å². The first kappa shape index (κ1) is 25.5. The zero-order chi connectivity index (χ0) is 26.4. The highest BCUT2D eigenvalue weighted by atomic mass is 16.2. The van der Waals surface area contributed by atoms with E-state index in [9.17, 15) is 9.59 Å². The number of amides is 2. The van der Waals surface area contributed by atoms with E-state index < -0.39 is 0 Å². The van der Waals surface area contributed by atoms with Crippen LogP contribution in [0.5, 0.6) is 0 Å². The lowest BCUT2D eigenvalue weighted by Crippen LogP contribution is -2.28. The number of hydrogen-bond acceptors (Lipinski definition) is 8. The van der Waals surface area contributed by atoms with Gasteiger partial charge in [0, 0.05) is 63.0 Å². The number of para-hydroxylation sites is 1. The predicted octanol–water partition coefficient (Wildman–Crippen LogP) is 3.16. The Bertz CT molecular complexity index is 1410. The van der Waals surface area contributed by atoms with Gasteiger partial charge in [-0.15, -0.1) is 0 Å². The van der Waals surface area contributed by atoms with Gasteiger partial charge in [-0.05, 0) is 23.8 Å². The summed E-state index contributed by atoms with van der Waals surface area (Å²) in [4.78, 5) is 43.2. The van der Waals surface area contributed by atoms with Gasteiger partial charge in [-0.2, -0.15) is 0 Å². The maximum Gasteiger partial charge on any atom is 0.251 e. The molecule has 0 radical (unpaired) electrons. The number of pyridine rings is 2. The Morgan fingerprint density at radius 2 is 1.81 bits per heavy atom. The molecule has 10 nitrogen and oxygen atoms in total. The summed E-state index contributed by atoms with van der Waals surface area (Å²) in [6.07, 6.45) is 4.89. The molecule has 1 atom stereocenters. The molecule has 2 amide bonds. The SMILES string of the molecule is CNC(=O)c1ccnc2c([C@H](C)CNc3cc(-c4ccc(NCC(=O)N(C)C)nc4)ncn3)cccc12. The Hall–Kier alpha value is -4.60. The minimum absolute atomic E-state index is 0.0298. The summed E-state index contributed by atoms with van der Waals surface area (Å²) >= 11 is 0. The number of aromatic nitrogens is 4. The summed E-state index contributed by atoms with van der Waals surface area (Å²) in [5, 5.41) is 9.92. The highest BCUT2D eigenvalue weighted by molar-refractivity contribution is 6.06. The predicted molar refractivity (Wildman–Crippen MR) is 144 cm³/mol. The number of anilines is 2. The molecule has 4 aromatic rings. The lowest BCUT2D eigenvalue weighted by molar-refractivity contribution is -0.126. The summed E-state index contributed by atoms with van der Waals surface area (Å²) < 4.78 is 0. The van der Waals surface area contributed by atoms with Gasteiger partial charge in [-0.3, -0.25) is 14.6 Å². The van der Waals surface area contributed by atoms with E-state index in [4.69, 9.17) is 0 Å². The van der Waals surface area contributed by atoms with E-state index in [1.165, 1.54) is 11.2 Å². The van der Waals surface area contributed by atoms with Gasteiger partial charge in [0.15, 0.2) is 0 Å². The van der Waals surface area contributed by atoms with Crippen molar-refractivity contribution in [3.8, 4) is 11.3 Å². The van der Waals surface area contributed by atoms with Crippen LogP contribution in [0.15, 0.2) is 61.2 Å². The van der Waals surface area contributed by atoms with E-state index in [-0.39, 0.29) is 24.3 Å². The van der Waals surface area contributed by atoms with Crippen LogP contribution >= 0.6 is 0 Å². The van der Waals surface area contributed by atoms with Crippen molar-refractivity contribution in [1.82, 2.24) is 30.2 Å². The lowest BCUT2D eigenvalue weighted by atomic mass is 9.96. The van der Waals surface area contributed by atoms with Crippen LogP contribution < -0.4 is 16.0 Å². The fourth-order valence-corrected chi connectivity index (χ4v) is 3.88. The number of fused-ring (bicyclic) bond motifs is 1. The molecule has 1 aromatic carbocycles. The monoisotopic (exact) mass is 498 g/mol. The van der Waals surface area contributed by atoms with Crippen molar-refractivity contribution in [3.63, 3.8) is 0 Å². The minimum Gasteiger partial charge on any atom is -0.369 e. The van der Waals surface area contributed by atoms with Gasteiger partial charge in [0.2, 0.25) is 5.91 Å². The van der Waals surface area contributed by atoms with Crippen LogP contribution in [-0.4, -0.2) is 70.9 Å². The number of carbonyl (C=O) groups excluding carboxylic acids is 2. The van der Waals surface area contributed by atoms with Crippen molar-refractivity contribution < 1.29 is 9.59 Å². The van der Waals surface area contributed by atoms with Crippen molar-refractivity contribution in [3.05, 3.63) is 72.3 Å². The van der Waals surface area contributed by atoms with Crippen molar-refractivity contribution in [1.29, 1.82) is 0 Å². The number of nitrogens with one attached hydrogen (secondary N) is 3. The number of hydrogen-bond donors (Lipinski definition) is 3. The molecule has 37 heavy (non-hydrogen) atoms. The fourth-order valence-electron chi connectivity index (χ4n) is 3.88. The van der Waals surface area contributed by atoms with Crippen molar-refractivity contribution in [2.24, 2.45) is 0 Å². The Balaban J connectivity index is 1.45. The summed E-state index contributed by atoms with van der Waals surface area (Å²) in [6.45, 7) is 2.90. The highest BCUT2D eigenvalue weighted by Gasteiger charge is 2.15. The first-order valence-electron chi connectivity index (χ1n) is 11.9. The first-order chi connectivity index (χ1) is 17.9. The van der Waals surface area contributed by atoms with Gasteiger partial charge in [-0.1, -0.05) is 25.1 Å². The van der Waals surface area contributed by atoms with Crippen LogP contribution in [0.1, 0.15) is 28.8 Å². The van der Waals surface area contributed by atoms with E-state index in [1.807, 2.05) is 36.4 Å². The number of rotatable bonds is 9. The largest absolute Gasteiger partial charge is 0.369 e. The smallest absolute Gasteiger partial charge is 0.251 e. The van der Waals surface area contributed by atoms with Crippen LogP contribution in [0.3, 0.4) is 0 Å². The second-order valence-electron chi connectivity index (χ2n) is 8.83. The molecule has 0 bridgehead atoms. The Morgan fingerprint density at radius 3 is 2.54 bits per heavy atom. The van der Waals surface area contributed by atoms with Gasteiger partial charge < -0.3 is 20.9 Å². The molecule has 0 unspecified atom stereocenters. The molecule has 0 saturated carbocycles. The average molecular weight is 499 g/mol. The average Bonchev–Trinajstić information content (AvgIpc) is 2.93. The normalized spacial score (nSPS) is 11.6. The van der Waals surface area contributed by atoms with Crippen LogP contribution in [0.2, 0.25) is 0 Å². The molecule has 0 fully saturated rings. The van der Waals surface area contributed by atoms with Gasteiger partial charge >= 0.3 is 0 Å². The molecule has 0 aliphatic carbocycles. The van der Waals surface area contributed by atoms with Gasteiger partial charge in [0.25, 0.3) is 5.91 Å². The van der Waals surface area contributed by atoms with E-state index in [1.54, 1.807) is 39.6 Å². The third-order valence-electron chi connectivity index (χ3n) is 6.04. The summed E-state index contributed by atoms with van der Waals surface area (Å²) in [6, 6.07) is 13.2. The third-order valence-corrected chi connectivity index (χ3v) is 6.04. The first-order valence-corrected chi connectivity index (χ1v) is 11.9. The van der Waals surface area contributed by atoms with Crippen LogP contribution in [0.4, 0.5) is 11.6 Å². The second-order valence-corrected chi connectivity index (χ2v) is 8.83. The maximum atomic E-state index is 12.3. The van der Waals surface area contributed by atoms with Crippen molar-refractivity contribution in [2.75, 3.05) is 44.9 Å². The molecule has 10 heteroatoms. The van der Waals surface area contributed by atoms with Gasteiger partial charge in [0.1, 0.15) is 18.0 Å². The van der Waals surface area contributed by atoms with Crippen molar-refractivity contribution in [2.45, 2.75) is 12.8 Å². The molecule has 0 saturated heterocycles. The number of likely N-dealkylation sites (N-methyl/N-ethyl adjacent to an activating group) is 1. The fraction of sp³-hybridized carbons (Fsp3) is 0.259. The summed E-state index contributed by atoms with van der Waals surface area (Å²) in [5.41, 5.74) is 4.03. The van der Waals surface area contributed by atoms with E-state index >= 15 is 0 Å². The maximum absolute atomic E-state index is 12.3. The molecule has 3 aromatic heterocycles. The Morgan fingerprint density at radius 1 is 0.973 bits per heavy atom. The molecule has 4 rings (SSSR count). The molecule has 3 N–H and O–H groups in total. The highest BCUT2D eigenvalue weighted by Crippen LogP contribution is 2.27. The number of carbonyl (C=O) groups is 2. The second kappa shape index (κ2) is 11.4. The van der Waals surface area contributed by atoms with Gasteiger partial charge in [0.05, 0.1) is 23.3 Å². The Kier molecular flexibility index (Phi) is 7.87. The van der Waals surface area contributed by atoms with E-state index in [0.29, 0.717) is 23.7 Å². The molecule has 0 spiro atoms. The summed E-state index contributed by atoms with van der Waals surface area (Å²) in [7, 11) is 5.05. The van der Waals surface area contributed by atoms with Crippen molar-refractivity contribution >= 4 is 34.4 Å². The number of nitrogens with zero attached hydrogens (tertiary/aromatic N) is 5. The van der Waals surface area contributed by atoms with Crippen LogP contribution in [0, 0.1) is 0 Å². The standard InChI is InChI=1S/C27H30N8O2/c1-17(19-6-5-7-20-21(27(37)28-2)10-11-29-26(19)20)13-30-24-12-22(33-16-34-24)18-8-9-23(31-14-18)32-15-25(36)35(3)4/h5-12,14,16-17H,13,15H2,1-4H3,(H,28,37)(H,31,32)(H,30,33,34)/t17-/m1/s1. The third kappa shape index (κ3) is 5.97. The Labute approximate surface area is 215 Å². The molecule has 190 valence electrons. The minimum atomic E-state index is -0.135. The van der Waals surface area contributed by atoms with E-state index in [2.05, 4.69) is 42.8 Å². The molecular weight excluding hydrogens is 468 g/mol. The molecule has 0 aliphatic heterocycles. The van der Waals surface area contributed by atoms with Crippen LogP contribution in [0.25, 0.3) is 22.2 Å². The quantitative estimate of drug-likeness (QED) is 0.321. The van der Waals surface area contributed by atoms with E-state index in [0.717, 1.165) is 27.7 Å². The zero-order valence-corrected chi connectivity index (χ0v) is 21.3. The molecule has 0 aliphatic rings. The zero-order valence-electron chi connectivity index (χ0n) is 21.3. The number of benzene rings is 1. The molecular formula is C27H30N8O2. The lowest BCUT2D eigenvalue weighted by Gasteiger charge is -2.16. The van der Waals surface area contributed by atoms with Crippen LogP contribution in [-0.2, 0) is 4.79 Å². The topological polar surface area (TPSA) is 125 Å². The summed E-state index contributed by atoms with van der Waals surface area (Å²) in [5.74, 6) is 1.24. The molecule has 3 heterocycles.